The predicted octanol–water partition coefficient (Wildman–Crippen LogP) is 6.06. The van der Waals surface area contributed by atoms with Crippen molar-refractivity contribution in [1.29, 1.82) is 0 Å². The number of amidine groups is 1. The van der Waals surface area contributed by atoms with Gasteiger partial charge in [0.15, 0.2) is 0 Å². The molecule has 1 aromatic carbocycles. The zero-order valence-corrected chi connectivity index (χ0v) is 16.6. The van der Waals surface area contributed by atoms with Crippen LogP contribution >= 0.6 is 11.3 Å². The first-order chi connectivity index (χ1) is 12.1. The standard InChI is InChI=1S/C22H30N2S/c1-5-8-16(4)13-19-15-25-21-14-17(10-12-20(19)21)9-11-18(6-2)22(23)24-7-3/h6,10,12,14-15H,4-5,7-9,11,13H2,1-3H3,(H2,23,24)/b18-6-. The average Bonchev–Trinajstić information content (AvgIpc) is 2.98. The summed E-state index contributed by atoms with van der Waals surface area (Å²) >= 11 is 1.84. The second-order valence-corrected chi connectivity index (χ2v) is 7.35. The monoisotopic (exact) mass is 354 g/mol. The summed E-state index contributed by atoms with van der Waals surface area (Å²) in [4.78, 5) is 4.32. The summed E-state index contributed by atoms with van der Waals surface area (Å²) in [5.41, 5.74) is 11.3. The van der Waals surface area contributed by atoms with Gasteiger partial charge in [-0.05, 0) is 73.1 Å². The molecule has 2 nitrogen and oxygen atoms in total. The van der Waals surface area contributed by atoms with Gasteiger partial charge in [0, 0.05) is 11.2 Å². The van der Waals surface area contributed by atoms with Crippen molar-refractivity contribution >= 4 is 27.3 Å². The average molecular weight is 355 g/mol. The number of nitrogens with two attached hydrogens (primary N) is 1. The fourth-order valence-corrected chi connectivity index (χ4v) is 4.13. The largest absolute Gasteiger partial charge is 0.384 e. The Labute approximate surface area is 156 Å². The first kappa shape index (κ1) is 19.5. The maximum Gasteiger partial charge on any atom is 0.121 e. The molecule has 0 saturated carbocycles. The predicted molar refractivity (Wildman–Crippen MR) is 114 cm³/mol. The second kappa shape index (κ2) is 9.57. The van der Waals surface area contributed by atoms with Gasteiger partial charge >= 0.3 is 0 Å². The molecule has 1 heterocycles. The fourth-order valence-electron chi connectivity index (χ4n) is 3.10. The van der Waals surface area contributed by atoms with Crippen LogP contribution in [0.2, 0.25) is 0 Å². The van der Waals surface area contributed by atoms with Gasteiger partial charge in [-0.1, -0.05) is 43.7 Å². The number of aryl methyl sites for hydroxylation is 1. The summed E-state index contributed by atoms with van der Waals surface area (Å²) in [5, 5.41) is 3.67. The molecule has 2 aromatic rings. The van der Waals surface area contributed by atoms with E-state index in [9.17, 15) is 0 Å². The van der Waals surface area contributed by atoms with E-state index in [1.165, 1.54) is 33.2 Å². The van der Waals surface area contributed by atoms with Crippen molar-refractivity contribution in [3.8, 4) is 0 Å². The van der Waals surface area contributed by atoms with Crippen LogP contribution in [0.15, 0.2) is 52.4 Å². The van der Waals surface area contributed by atoms with Gasteiger partial charge in [-0.15, -0.1) is 11.3 Å². The molecule has 0 saturated heterocycles. The molecule has 0 amide bonds. The number of allylic oxidation sites excluding steroid dienone is 2. The number of rotatable bonds is 9. The van der Waals surface area contributed by atoms with E-state index in [4.69, 9.17) is 5.73 Å². The van der Waals surface area contributed by atoms with Gasteiger partial charge in [0.25, 0.3) is 0 Å². The summed E-state index contributed by atoms with van der Waals surface area (Å²) in [7, 11) is 0. The number of aliphatic imine (C=N–C) groups is 1. The Morgan fingerprint density at radius 2 is 2.08 bits per heavy atom. The Bertz CT molecular complexity index is 780. The highest BCUT2D eigenvalue weighted by atomic mass is 32.1. The van der Waals surface area contributed by atoms with Gasteiger partial charge in [-0.3, -0.25) is 4.99 Å². The Kier molecular flexibility index (Phi) is 7.45. The molecule has 2 rings (SSSR count). The van der Waals surface area contributed by atoms with Gasteiger partial charge in [0.2, 0.25) is 0 Å². The minimum Gasteiger partial charge on any atom is -0.384 e. The molecule has 0 aliphatic rings. The van der Waals surface area contributed by atoms with Crippen LogP contribution in [0.1, 0.15) is 51.2 Å². The quantitative estimate of drug-likeness (QED) is 0.332. The van der Waals surface area contributed by atoms with Crippen LogP contribution in [0.4, 0.5) is 0 Å². The molecule has 3 heteroatoms. The van der Waals surface area contributed by atoms with Crippen molar-refractivity contribution in [1.82, 2.24) is 0 Å². The van der Waals surface area contributed by atoms with Crippen LogP contribution in [0, 0.1) is 0 Å². The number of benzene rings is 1. The van der Waals surface area contributed by atoms with Crippen LogP contribution in [-0.4, -0.2) is 12.4 Å². The van der Waals surface area contributed by atoms with Gasteiger partial charge in [-0.25, -0.2) is 0 Å². The molecule has 134 valence electrons. The highest BCUT2D eigenvalue weighted by molar-refractivity contribution is 7.17. The summed E-state index contributed by atoms with van der Waals surface area (Å²) in [6, 6.07) is 6.85. The van der Waals surface area contributed by atoms with Gasteiger partial charge in [0.05, 0.1) is 0 Å². The molecule has 0 aliphatic heterocycles. The molecular weight excluding hydrogens is 324 g/mol. The molecule has 0 spiro atoms. The zero-order chi connectivity index (χ0) is 18.2. The lowest BCUT2D eigenvalue weighted by atomic mass is 9.99. The lowest BCUT2D eigenvalue weighted by Gasteiger charge is -2.07. The lowest BCUT2D eigenvalue weighted by Crippen LogP contribution is -2.15. The van der Waals surface area contributed by atoms with E-state index in [0.717, 1.165) is 37.8 Å². The van der Waals surface area contributed by atoms with Crippen molar-refractivity contribution in [3.05, 3.63) is 58.5 Å². The van der Waals surface area contributed by atoms with Crippen molar-refractivity contribution in [3.63, 3.8) is 0 Å². The first-order valence-electron chi connectivity index (χ1n) is 9.20. The second-order valence-electron chi connectivity index (χ2n) is 6.44. The Morgan fingerprint density at radius 3 is 2.76 bits per heavy atom. The third-order valence-corrected chi connectivity index (χ3v) is 5.45. The molecule has 0 atom stereocenters. The van der Waals surface area contributed by atoms with Crippen molar-refractivity contribution in [2.45, 2.75) is 52.9 Å². The smallest absolute Gasteiger partial charge is 0.121 e. The zero-order valence-electron chi connectivity index (χ0n) is 15.8. The van der Waals surface area contributed by atoms with E-state index in [0.29, 0.717) is 5.84 Å². The topological polar surface area (TPSA) is 38.4 Å². The molecule has 0 aliphatic carbocycles. The van der Waals surface area contributed by atoms with E-state index >= 15 is 0 Å². The maximum absolute atomic E-state index is 6.04. The molecule has 0 fully saturated rings. The highest BCUT2D eigenvalue weighted by Gasteiger charge is 2.08. The number of nitrogens with zero attached hydrogens (tertiary/aromatic N) is 1. The summed E-state index contributed by atoms with van der Waals surface area (Å²) < 4.78 is 1.37. The molecule has 0 unspecified atom stereocenters. The molecule has 1 aromatic heterocycles. The van der Waals surface area contributed by atoms with Crippen molar-refractivity contribution < 1.29 is 0 Å². The Balaban J connectivity index is 2.09. The van der Waals surface area contributed by atoms with Gasteiger partial charge in [0.1, 0.15) is 5.84 Å². The van der Waals surface area contributed by atoms with Crippen LogP contribution in [0.3, 0.4) is 0 Å². The molecule has 2 N–H and O–H groups in total. The minimum atomic E-state index is 0.680. The van der Waals surface area contributed by atoms with Crippen LogP contribution < -0.4 is 5.73 Å². The highest BCUT2D eigenvalue weighted by Crippen LogP contribution is 2.29. The summed E-state index contributed by atoms with van der Waals surface area (Å²) in [6.45, 7) is 11.2. The number of hydrogen-bond donors (Lipinski definition) is 1. The lowest BCUT2D eigenvalue weighted by molar-refractivity contribution is 0.878. The van der Waals surface area contributed by atoms with E-state index in [2.05, 4.69) is 48.2 Å². The normalized spacial score (nSPS) is 12.8. The third-order valence-electron chi connectivity index (χ3n) is 4.45. The Hall–Kier alpha value is -1.87. The first-order valence-corrected chi connectivity index (χ1v) is 10.1. The number of hydrogen-bond acceptors (Lipinski definition) is 2. The van der Waals surface area contributed by atoms with Crippen molar-refractivity contribution in [2.75, 3.05) is 6.54 Å². The SMILES string of the molecule is C=C(CCC)Cc1csc2cc(CC/C(=C/C)C(N)=NCC)ccc12. The molecular formula is C22H30N2S. The fraction of sp³-hybridized carbons (Fsp3) is 0.409. The minimum absolute atomic E-state index is 0.680. The van der Waals surface area contributed by atoms with Gasteiger partial charge < -0.3 is 5.73 Å². The molecule has 0 radical (unpaired) electrons. The van der Waals surface area contributed by atoms with Gasteiger partial charge in [-0.2, -0.15) is 0 Å². The third kappa shape index (κ3) is 5.30. The molecule has 0 bridgehead atoms. The summed E-state index contributed by atoms with van der Waals surface area (Å²) in [6.07, 6.45) is 7.29. The van der Waals surface area contributed by atoms with E-state index in [1.807, 2.05) is 25.2 Å². The van der Waals surface area contributed by atoms with E-state index in [1.54, 1.807) is 0 Å². The maximum atomic E-state index is 6.04. The number of thiophene rings is 1. The van der Waals surface area contributed by atoms with E-state index in [-0.39, 0.29) is 0 Å². The van der Waals surface area contributed by atoms with E-state index < -0.39 is 0 Å². The number of fused-ring (bicyclic) bond motifs is 1. The Morgan fingerprint density at radius 1 is 1.28 bits per heavy atom. The van der Waals surface area contributed by atoms with Crippen molar-refractivity contribution in [2.24, 2.45) is 10.7 Å². The van der Waals surface area contributed by atoms with Crippen LogP contribution in [0.25, 0.3) is 10.1 Å². The summed E-state index contributed by atoms with van der Waals surface area (Å²) in [5.74, 6) is 0.680. The van der Waals surface area contributed by atoms with Crippen LogP contribution in [-0.2, 0) is 12.8 Å². The van der Waals surface area contributed by atoms with Crippen LogP contribution in [0.5, 0.6) is 0 Å². The molecule has 25 heavy (non-hydrogen) atoms.